The monoisotopic (exact) mass is 632 g/mol. The Hall–Kier alpha value is -2.78. The van der Waals surface area contributed by atoms with Gasteiger partial charge in [0.15, 0.2) is 0 Å². The van der Waals surface area contributed by atoms with Crippen LogP contribution < -0.4 is 0 Å². The Morgan fingerprint density at radius 2 is 1.02 bits per heavy atom. The quantitative estimate of drug-likeness (QED) is 0.337. The third kappa shape index (κ3) is 8.97. The number of hydrogen-bond acceptors (Lipinski definition) is 8. The van der Waals surface area contributed by atoms with Crippen LogP contribution in [0, 0.1) is 0 Å². The van der Waals surface area contributed by atoms with E-state index in [9.17, 15) is 10.2 Å². The molecule has 5 rings (SSSR count). The van der Waals surface area contributed by atoms with Crippen LogP contribution in [0.25, 0.3) is 0 Å². The minimum atomic E-state index is -0.0576. The van der Waals surface area contributed by atoms with Gasteiger partial charge in [-0.15, -0.1) is 0 Å². The van der Waals surface area contributed by atoms with E-state index < -0.39 is 0 Å². The van der Waals surface area contributed by atoms with Crippen LogP contribution in [0.3, 0.4) is 0 Å². The lowest BCUT2D eigenvalue weighted by Crippen LogP contribution is -2.35. The van der Waals surface area contributed by atoms with Gasteiger partial charge in [0.2, 0.25) is 0 Å². The van der Waals surface area contributed by atoms with Crippen molar-refractivity contribution in [2.75, 3.05) is 52.6 Å². The lowest BCUT2D eigenvalue weighted by atomic mass is 9.84. The number of benzene rings is 2. The first-order valence-electron chi connectivity index (χ1n) is 17.3. The predicted molar refractivity (Wildman–Crippen MR) is 187 cm³/mol. The van der Waals surface area contributed by atoms with Crippen molar-refractivity contribution in [3.8, 4) is 11.5 Å². The molecule has 8 heteroatoms. The summed E-state index contributed by atoms with van der Waals surface area (Å²) < 4.78 is 11.1. The maximum absolute atomic E-state index is 11.4. The van der Waals surface area contributed by atoms with Crippen LogP contribution in [0.5, 0.6) is 11.5 Å². The van der Waals surface area contributed by atoms with Crippen molar-refractivity contribution in [2.24, 2.45) is 9.98 Å². The van der Waals surface area contributed by atoms with Gasteiger partial charge >= 0.3 is 0 Å². The minimum Gasteiger partial charge on any atom is -0.507 e. The molecule has 2 N–H and O–H groups in total. The van der Waals surface area contributed by atoms with Crippen LogP contribution in [0.2, 0.25) is 0 Å². The lowest BCUT2D eigenvalue weighted by molar-refractivity contribution is 0.0338. The largest absolute Gasteiger partial charge is 0.507 e. The number of aromatic hydroxyl groups is 2. The third-order valence-corrected chi connectivity index (χ3v) is 9.67. The summed E-state index contributed by atoms with van der Waals surface area (Å²) in [6, 6.07) is 8.53. The van der Waals surface area contributed by atoms with Gasteiger partial charge < -0.3 is 19.7 Å². The van der Waals surface area contributed by atoms with Gasteiger partial charge in [0, 0.05) is 74.0 Å². The zero-order valence-corrected chi connectivity index (χ0v) is 29.0. The maximum Gasteiger partial charge on any atom is 0.128 e. The van der Waals surface area contributed by atoms with E-state index in [1.807, 2.05) is 12.4 Å². The highest BCUT2D eigenvalue weighted by atomic mass is 16.5. The minimum absolute atomic E-state index is 0.0196. The molecule has 0 radical (unpaired) electrons. The Kier molecular flexibility index (Phi) is 11.2. The predicted octanol–water partition coefficient (Wildman–Crippen LogP) is 6.21. The number of rotatable bonds is 8. The van der Waals surface area contributed by atoms with E-state index in [2.05, 4.69) is 75.6 Å². The molecule has 46 heavy (non-hydrogen) atoms. The van der Waals surface area contributed by atoms with E-state index in [-0.39, 0.29) is 22.9 Å². The molecule has 3 aliphatic rings. The van der Waals surface area contributed by atoms with E-state index in [4.69, 9.17) is 19.5 Å². The lowest BCUT2D eigenvalue weighted by Gasteiger charge is -2.29. The second kappa shape index (κ2) is 15.0. The van der Waals surface area contributed by atoms with Crippen molar-refractivity contribution in [3.05, 3.63) is 57.6 Å². The van der Waals surface area contributed by atoms with Gasteiger partial charge in [-0.3, -0.25) is 19.8 Å². The normalized spacial score (nSPS) is 22.7. The smallest absolute Gasteiger partial charge is 0.128 e. The van der Waals surface area contributed by atoms with Gasteiger partial charge in [-0.05, 0) is 46.9 Å². The molecule has 2 aromatic carbocycles. The van der Waals surface area contributed by atoms with E-state index in [1.165, 1.54) is 11.1 Å². The van der Waals surface area contributed by atoms with Gasteiger partial charge in [-0.1, -0.05) is 66.5 Å². The van der Waals surface area contributed by atoms with Crippen molar-refractivity contribution in [1.82, 2.24) is 9.80 Å². The Labute approximate surface area is 276 Å². The molecule has 0 bridgehead atoms. The van der Waals surface area contributed by atoms with Crippen LogP contribution in [0.15, 0.2) is 34.3 Å². The number of nitrogens with zero attached hydrogens (tertiary/aromatic N) is 4. The number of phenolic OH excluding ortho intramolecular Hbond substituents is 2. The van der Waals surface area contributed by atoms with Crippen molar-refractivity contribution in [1.29, 1.82) is 0 Å². The summed E-state index contributed by atoms with van der Waals surface area (Å²) >= 11 is 0. The number of phenols is 2. The highest BCUT2D eigenvalue weighted by Gasteiger charge is 2.26. The molecule has 2 atom stereocenters. The zero-order valence-electron chi connectivity index (χ0n) is 29.0. The van der Waals surface area contributed by atoms with Crippen LogP contribution in [-0.2, 0) is 33.4 Å². The molecule has 3 fully saturated rings. The van der Waals surface area contributed by atoms with E-state index in [0.717, 1.165) is 101 Å². The Morgan fingerprint density at radius 3 is 1.37 bits per heavy atom. The van der Waals surface area contributed by atoms with Crippen molar-refractivity contribution in [2.45, 2.75) is 103 Å². The van der Waals surface area contributed by atoms with E-state index in [0.29, 0.717) is 24.6 Å². The Bertz CT molecular complexity index is 1270. The zero-order chi connectivity index (χ0) is 32.9. The summed E-state index contributed by atoms with van der Waals surface area (Å²) in [5.41, 5.74) is 5.69. The summed E-state index contributed by atoms with van der Waals surface area (Å²) in [4.78, 5) is 14.8. The first kappa shape index (κ1) is 34.6. The average Bonchev–Trinajstić information content (AvgIpc) is 3.02. The number of aliphatic imine (C=N–C) groups is 2. The SMILES string of the molecule is CC(C)(C)c1cc(C=NC2CCCC[C@H]2N=Cc2cc(C(C)(C)C)cc(CN3CCOCC3)c2O)c(O)c(CN2CCOCC2)c1. The van der Waals surface area contributed by atoms with E-state index in [1.54, 1.807) is 0 Å². The van der Waals surface area contributed by atoms with Gasteiger partial charge in [-0.2, -0.15) is 0 Å². The number of ether oxygens (including phenoxy) is 2. The molecular weight excluding hydrogens is 576 g/mol. The second-order valence-electron chi connectivity index (χ2n) is 15.4. The van der Waals surface area contributed by atoms with Crippen LogP contribution in [-0.4, -0.2) is 97.1 Å². The molecule has 2 aromatic rings. The fourth-order valence-electron chi connectivity index (χ4n) is 6.53. The molecule has 252 valence electrons. The third-order valence-electron chi connectivity index (χ3n) is 9.67. The average molecular weight is 633 g/mol. The maximum atomic E-state index is 11.4. The van der Waals surface area contributed by atoms with Crippen molar-refractivity contribution >= 4 is 12.4 Å². The second-order valence-corrected chi connectivity index (χ2v) is 15.4. The van der Waals surface area contributed by atoms with E-state index >= 15 is 0 Å². The summed E-state index contributed by atoms with van der Waals surface area (Å²) in [6.07, 6.45) is 7.88. The summed E-state index contributed by atoms with van der Waals surface area (Å²) in [7, 11) is 0. The highest BCUT2D eigenvalue weighted by molar-refractivity contribution is 5.86. The molecule has 1 aliphatic carbocycles. The molecule has 8 nitrogen and oxygen atoms in total. The molecule has 2 aliphatic heterocycles. The fraction of sp³-hybridized carbons (Fsp3) is 0.632. The van der Waals surface area contributed by atoms with Crippen molar-refractivity contribution < 1.29 is 19.7 Å². The molecular formula is C38H56N4O4. The van der Waals surface area contributed by atoms with Crippen molar-refractivity contribution in [3.63, 3.8) is 0 Å². The van der Waals surface area contributed by atoms with Gasteiger partial charge in [0.25, 0.3) is 0 Å². The first-order chi connectivity index (χ1) is 21.9. The number of hydrogen-bond donors (Lipinski definition) is 2. The van der Waals surface area contributed by atoms with Gasteiger partial charge in [0.1, 0.15) is 11.5 Å². The summed E-state index contributed by atoms with van der Waals surface area (Å²) in [6.45, 7) is 21.0. The summed E-state index contributed by atoms with van der Waals surface area (Å²) in [5.74, 6) is 0.631. The molecule has 2 heterocycles. The molecule has 1 unspecified atom stereocenters. The van der Waals surface area contributed by atoms with Crippen LogP contribution in [0.1, 0.15) is 101 Å². The Balaban J connectivity index is 1.39. The molecule has 1 saturated carbocycles. The molecule has 0 amide bonds. The number of morpholine rings is 2. The van der Waals surface area contributed by atoms with Gasteiger partial charge in [-0.25, -0.2) is 0 Å². The standard InChI is InChI=1S/C38H56N4O4/c1-37(2,3)31-19-27(35(43)29(21-31)25-41-11-15-45-16-12-41)23-39-33-9-7-8-10-34(33)40-24-28-20-32(38(4,5)6)22-30(36(28)44)26-42-13-17-46-18-14-42/h19-24,33-34,43-44H,7-18,25-26H2,1-6H3/t33-,34?/m1/s1. The van der Waals surface area contributed by atoms with Crippen LogP contribution in [0.4, 0.5) is 0 Å². The fourth-order valence-corrected chi connectivity index (χ4v) is 6.53. The van der Waals surface area contributed by atoms with Gasteiger partial charge in [0.05, 0.1) is 38.5 Å². The molecule has 0 aromatic heterocycles. The first-order valence-corrected chi connectivity index (χ1v) is 17.3. The van der Waals surface area contributed by atoms with Crippen LogP contribution >= 0.6 is 0 Å². The summed E-state index contributed by atoms with van der Waals surface area (Å²) in [5, 5.41) is 22.8. The highest BCUT2D eigenvalue weighted by Crippen LogP contribution is 2.34. The molecule has 0 spiro atoms. The molecule has 2 saturated heterocycles. The topological polar surface area (TPSA) is 90.1 Å². The Morgan fingerprint density at radius 1 is 0.652 bits per heavy atom.